The van der Waals surface area contributed by atoms with Crippen molar-refractivity contribution < 1.29 is 13.9 Å². The minimum Gasteiger partial charge on any atom is -0.490 e. The van der Waals surface area contributed by atoms with E-state index in [0.29, 0.717) is 40.1 Å². The Hall–Kier alpha value is -3.26. The summed E-state index contributed by atoms with van der Waals surface area (Å²) in [6.07, 6.45) is 3.91. The van der Waals surface area contributed by atoms with Crippen LogP contribution in [0.1, 0.15) is 29.2 Å². The average molecular weight is 482 g/mol. The van der Waals surface area contributed by atoms with Crippen molar-refractivity contribution in [3.05, 3.63) is 105 Å². The van der Waals surface area contributed by atoms with Gasteiger partial charge in [-0.15, -0.1) is 6.58 Å². The highest BCUT2D eigenvalue weighted by Gasteiger charge is 2.15. The number of rotatable bonds is 9. The largest absolute Gasteiger partial charge is 0.490 e. The fourth-order valence-corrected chi connectivity index (χ4v) is 3.62. The van der Waals surface area contributed by atoms with E-state index in [1.165, 1.54) is 6.07 Å². The van der Waals surface area contributed by atoms with Crippen LogP contribution in [0, 0.1) is 17.1 Å². The summed E-state index contributed by atoms with van der Waals surface area (Å²) in [4.78, 5) is 0. The first-order valence-corrected chi connectivity index (χ1v) is 11.1. The molecule has 0 aromatic heterocycles. The van der Waals surface area contributed by atoms with Crippen molar-refractivity contribution in [2.24, 2.45) is 0 Å². The zero-order valence-electron chi connectivity index (χ0n) is 18.1. The van der Waals surface area contributed by atoms with Crippen LogP contribution in [0.25, 0.3) is 11.6 Å². The van der Waals surface area contributed by atoms with Gasteiger partial charge in [0.15, 0.2) is 11.5 Å². The van der Waals surface area contributed by atoms with Gasteiger partial charge in [-0.1, -0.05) is 53.5 Å². The molecule has 6 heteroatoms. The molecule has 0 saturated heterocycles. The van der Waals surface area contributed by atoms with Crippen LogP contribution in [0.5, 0.6) is 11.5 Å². The van der Waals surface area contributed by atoms with Gasteiger partial charge in [-0.05, 0) is 60.9 Å². The number of nitriles is 1. The summed E-state index contributed by atoms with van der Waals surface area (Å²) in [6.45, 7) is 6.38. The molecule has 0 spiro atoms. The molecule has 0 aliphatic heterocycles. The van der Waals surface area contributed by atoms with Crippen LogP contribution in [0.4, 0.5) is 4.39 Å². The van der Waals surface area contributed by atoms with Crippen molar-refractivity contribution >= 4 is 34.9 Å². The molecule has 0 aliphatic rings. The highest BCUT2D eigenvalue weighted by atomic mass is 35.5. The Morgan fingerprint density at radius 3 is 2.55 bits per heavy atom. The fraction of sp³-hybridized carbons (Fsp3) is 0.148. The van der Waals surface area contributed by atoms with Crippen molar-refractivity contribution in [2.45, 2.75) is 20.0 Å². The van der Waals surface area contributed by atoms with Crippen LogP contribution < -0.4 is 9.47 Å². The Morgan fingerprint density at radius 1 is 1.09 bits per heavy atom. The molecule has 0 heterocycles. The molecule has 3 nitrogen and oxygen atoms in total. The standard InChI is InChI=1S/C27H22Cl2FNO2/c1-3-7-20-12-19(13-21(16-31)22-8-5-6-9-25(22)30)15-26(32-4-2)27(20)33-17-18-10-11-23(28)24(29)14-18/h3,5-6,8-15H,1,4,7,17H2,2H3. The summed E-state index contributed by atoms with van der Waals surface area (Å²) < 4.78 is 26.2. The van der Waals surface area contributed by atoms with E-state index in [4.69, 9.17) is 32.7 Å². The Morgan fingerprint density at radius 2 is 1.88 bits per heavy atom. The summed E-state index contributed by atoms with van der Waals surface area (Å²) in [7, 11) is 0. The monoisotopic (exact) mass is 481 g/mol. The van der Waals surface area contributed by atoms with Crippen molar-refractivity contribution in [1.29, 1.82) is 5.26 Å². The highest BCUT2D eigenvalue weighted by Crippen LogP contribution is 2.36. The van der Waals surface area contributed by atoms with Crippen molar-refractivity contribution in [3.8, 4) is 17.6 Å². The second-order valence-corrected chi connectivity index (χ2v) is 7.93. The molecule has 0 radical (unpaired) electrons. The van der Waals surface area contributed by atoms with E-state index < -0.39 is 5.82 Å². The third-order valence-electron chi connectivity index (χ3n) is 4.78. The van der Waals surface area contributed by atoms with Crippen molar-refractivity contribution in [3.63, 3.8) is 0 Å². The Bertz CT molecular complexity index is 1230. The molecular weight excluding hydrogens is 460 g/mol. The number of halogens is 3. The quantitative estimate of drug-likeness (QED) is 0.177. The van der Waals surface area contributed by atoms with Gasteiger partial charge >= 0.3 is 0 Å². The average Bonchev–Trinajstić information content (AvgIpc) is 2.80. The van der Waals surface area contributed by atoms with E-state index in [-0.39, 0.29) is 17.7 Å². The van der Waals surface area contributed by atoms with Gasteiger partial charge in [-0.25, -0.2) is 4.39 Å². The van der Waals surface area contributed by atoms with Gasteiger partial charge in [0.05, 0.1) is 28.3 Å². The highest BCUT2D eigenvalue weighted by molar-refractivity contribution is 6.42. The van der Waals surface area contributed by atoms with Crippen LogP contribution in [0.2, 0.25) is 10.0 Å². The van der Waals surface area contributed by atoms with E-state index >= 15 is 0 Å². The second-order valence-electron chi connectivity index (χ2n) is 7.12. The van der Waals surface area contributed by atoms with Gasteiger partial charge in [0.25, 0.3) is 0 Å². The molecule has 0 atom stereocenters. The lowest BCUT2D eigenvalue weighted by Crippen LogP contribution is -2.03. The first-order valence-electron chi connectivity index (χ1n) is 10.3. The third kappa shape index (κ3) is 6.16. The third-order valence-corrected chi connectivity index (χ3v) is 5.52. The van der Waals surface area contributed by atoms with Gasteiger partial charge in [0.1, 0.15) is 12.4 Å². The van der Waals surface area contributed by atoms with Gasteiger partial charge in [-0.2, -0.15) is 5.26 Å². The van der Waals surface area contributed by atoms with Gasteiger partial charge < -0.3 is 9.47 Å². The topological polar surface area (TPSA) is 42.2 Å². The smallest absolute Gasteiger partial charge is 0.165 e. The lowest BCUT2D eigenvalue weighted by Gasteiger charge is -2.17. The number of benzene rings is 3. The van der Waals surface area contributed by atoms with Crippen molar-refractivity contribution in [2.75, 3.05) is 6.61 Å². The lowest BCUT2D eigenvalue weighted by atomic mass is 10.0. The molecule has 0 unspecified atom stereocenters. The van der Waals surface area contributed by atoms with Crippen molar-refractivity contribution in [1.82, 2.24) is 0 Å². The predicted molar refractivity (Wildman–Crippen MR) is 132 cm³/mol. The molecule has 0 saturated carbocycles. The maximum Gasteiger partial charge on any atom is 0.165 e. The second kappa shape index (κ2) is 11.6. The molecule has 0 aliphatic carbocycles. The molecule has 33 heavy (non-hydrogen) atoms. The van der Waals surface area contributed by atoms with Crippen LogP contribution >= 0.6 is 23.2 Å². The summed E-state index contributed by atoms with van der Waals surface area (Å²) >= 11 is 12.1. The molecule has 0 fully saturated rings. The van der Waals surface area contributed by atoms with E-state index in [2.05, 4.69) is 12.6 Å². The Kier molecular flexibility index (Phi) is 8.54. The minimum atomic E-state index is -0.455. The predicted octanol–water partition coefficient (Wildman–Crippen LogP) is 7.90. The molecule has 0 bridgehead atoms. The fourth-order valence-electron chi connectivity index (χ4n) is 3.30. The maximum atomic E-state index is 14.2. The first kappa shape index (κ1) is 24.4. The van der Waals surface area contributed by atoms with E-state index in [1.807, 2.05) is 19.1 Å². The number of hydrogen-bond donors (Lipinski definition) is 0. The molecule has 3 aromatic rings. The normalized spacial score (nSPS) is 11.1. The van der Waals surface area contributed by atoms with Crippen LogP contribution in [0.3, 0.4) is 0 Å². The minimum absolute atomic E-state index is 0.213. The zero-order valence-corrected chi connectivity index (χ0v) is 19.6. The number of ether oxygens (including phenoxy) is 2. The number of allylic oxidation sites excluding steroid dienone is 2. The Labute approximate surface area is 203 Å². The van der Waals surface area contributed by atoms with E-state index in [1.54, 1.807) is 48.6 Å². The van der Waals surface area contributed by atoms with Crippen LogP contribution in [-0.2, 0) is 13.0 Å². The number of nitrogens with zero attached hydrogens (tertiary/aromatic N) is 1. The number of hydrogen-bond acceptors (Lipinski definition) is 3. The van der Waals surface area contributed by atoms with Gasteiger partial charge in [-0.3, -0.25) is 0 Å². The molecule has 3 rings (SSSR count). The Balaban J connectivity index is 2.02. The van der Waals surface area contributed by atoms with Gasteiger partial charge in [0, 0.05) is 11.1 Å². The lowest BCUT2D eigenvalue weighted by molar-refractivity contribution is 0.267. The summed E-state index contributed by atoms with van der Waals surface area (Å²) in [5, 5.41) is 10.6. The maximum absolute atomic E-state index is 14.2. The molecule has 168 valence electrons. The van der Waals surface area contributed by atoms with Gasteiger partial charge in [0.2, 0.25) is 0 Å². The summed E-state index contributed by atoms with van der Waals surface area (Å²) in [5.41, 5.74) is 2.82. The molecule has 3 aromatic carbocycles. The first-order chi connectivity index (χ1) is 16.0. The van der Waals surface area contributed by atoms with Crippen LogP contribution in [-0.4, -0.2) is 6.61 Å². The zero-order chi connectivity index (χ0) is 23.8. The SMILES string of the molecule is C=CCc1cc(C=C(C#N)c2ccccc2F)cc(OCC)c1OCc1ccc(Cl)c(Cl)c1. The summed E-state index contributed by atoms with van der Waals surface area (Å²) in [5.74, 6) is 0.640. The van der Waals surface area contributed by atoms with E-state index in [9.17, 15) is 9.65 Å². The summed E-state index contributed by atoms with van der Waals surface area (Å²) in [6, 6.07) is 17.2. The van der Waals surface area contributed by atoms with Crippen LogP contribution in [0.15, 0.2) is 67.3 Å². The molecular formula is C27H22Cl2FNO2. The van der Waals surface area contributed by atoms with E-state index in [0.717, 1.165) is 11.1 Å². The molecule has 0 N–H and O–H groups in total. The molecule has 0 amide bonds.